The van der Waals surface area contributed by atoms with E-state index in [1.165, 1.54) is 0 Å². The van der Waals surface area contributed by atoms with Crippen LogP contribution in [0.3, 0.4) is 0 Å². The zero-order valence-corrected chi connectivity index (χ0v) is 12.5. The molecule has 98 valence electrons. The fraction of sp³-hybridized carbons (Fsp3) is 0.500. The quantitative estimate of drug-likeness (QED) is 0.839. The Balaban J connectivity index is 2.36. The van der Waals surface area contributed by atoms with E-state index in [9.17, 15) is 4.79 Å². The summed E-state index contributed by atoms with van der Waals surface area (Å²) in [4.78, 5) is 14.0. The summed E-state index contributed by atoms with van der Waals surface area (Å²) in [6, 6.07) is 6.17. The number of hydrogen-bond donors (Lipinski definition) is 0. The van der Waals surface area contributed by atoms with Gasteiger partial charge in [-0.25, -0.2) is 0 Å². The minimum absolute atomic E-state index is 0.0717. The second kappa shape index (κ2) is 5.31. The van der Waals surface area contributed by atoms with Gasteiger partial charge >= 0.3 is 0 Å². The zero-order chi connectivity index (χ0) is 13.3. The van der Waals surface area contributed by atoms with Crippen molar-refractivity contribution in [1.29, 1.82) is 0 Å². The first-order chi connectivity index (χ1) is 8.54. The van der Waals surface area contributed by atoms with Crippen LogP contribution < -0.4 is 9.64 Å². The number of methoxy groups -OCH3 is 1. The van der Waals surface area contributed by atoms with Crippen LogP contribution in [0.2, 0.25) is 0 Å². The van der Waals surface area contributed by atoms with Gasteiger partial charge in [0.25, 0.3) is 0 Å². The van der Waals surface area contributed by atoms with Crippen molar-refractivity contribution in [3.05, 3.63) is 22.7 Å². The van der Waals surface area contributed by atoms with Crippen LogP contribution in [-0.2, 0) is 4.79 Å². The summed E-state index contributed by atoms with van der Waals surface area (Å²) >= 11 is 3.49. The summed E-state index contributed by atoms with van der Waals surface area (Å²) in [6.45, 7) is 4.86. The molecule has 1 heterocycles. The maximum Gasteiger partial charge on any atom is 0.142 e. The molecule has 2 unspecified atom stereocenters. The lowest BCUT2D eigenvalue weighted by Crippen LogP contribution is -2.47. The molecule has 0 aromatic heterocycles. The van der Waals surface area contributed by atoms with Crippen molar-refractivity contribution in [2.24, 2.45) is 5.92 Å². The molecule has 1 fully saturated rings. The summed E-state index contributed by atoms with van der Waals surface area (Å²) in [6.07, 6.45) is 0.612. The van der Waals surface area contributed by atoms with Crippen molar-refractivity contribution in [1.82, 2.24) is 0 Å². The van der Waals surface area contributed by atoms with E-state index in [4.69, 9.17) is 4.74 Å². The Morgan fingerprint density at radius 1 is 1.39 bits per heavy atom. The standard InChI is InChI=1S/C14H18BrNO2/c1-9-10(2)16(7-6-13(9)17)12-8-11(15)4-5-14(12)18-3/h4-5,8-10H,6-7H2,1-3H3. The van der Waals surface area contributed by atoms with E-state index >= 15 is 0 Å². The third-order valence-corrected chi connectivity index (χ3v) is 4.27. The predicted octanol–water partition coefficient (Wildman–Crippen LogP) is 3.26. The zero-order valence-electron chi connectivity index (χ0n) is 10.9. The van der Waals surface area contributed by atoms with Crippen LogP contribution in [0.1, 0.15) is 20.3 Å². The SMILES string of the molecule is COc1ccc(Br)cc1N1CCC(=O)C(C)C1C. The van der Waals surface area contributed by atoms with Crippen LogP contribution in [-0.4, -0.2) is 25.5 Å². The third-order valence-electron chi connectivity index (χ3n) is 3.77. The Bertz CT molecular complexity index is 461. The molecule has 0 spiro atoms. The lowest BCUT2D eigenvalue weighted by molar-refractivity contribution is -0.123. The number of nitrogens with zero attached hydrogens (tertiary/aromatic N) is 1. The molecule has 2 rings (SSSR count). The highest BCUT2D eigenvalue weighted by atomic mass is 79.9. The van der Waals surface area contributed by atoms with Gasteiger partial charge in [-0.05, 0) is 25.1 Å². The molecule has 0 N–H and O–H groups in total. The highest BCUT2D eigenvalue weighted by Gasteiger charge is 2.32. The number of ketones is 1. The number of carbonyl (C=O) groups is 1. The minimum Gasteiger partial charge on any atom is -0.495 e. The van der Waals surface area contributed by atoms with Gasteiger partial charge in [-0.15, -0.1) is 0 Å². The highest BCUT2D eigenvalue weighted by molar-refractivity contribution is 9.10. The number of halogens is 1. The van der Waals surface area contributed by atoms with E-state index in [2.05, 4.69) is 33.8 Å². The van der Waals surface area contributed by atoms with Crippen LogP contribution in [0.5, 0.6) is 5.75 Å². The van der Waals surface area contributed by atoms with Crippen LogP contribution in [0.15, 0.2) is 22.7 Å². The Kier molecular flexibility index (Phi) is 3.95. The number of piperidine rings is 1. The summed E-state index contributed by atoms with van der Waals surface area (Å²) in [7, 11) is 1.68. The molecule has 0 bridgehead atoms. The molecular weight excluding hydrogens is 294 g/mol. The lowest BCUT2D eigenvalue weighted by atomic mass is 9.90. The molecule has 0 saturated carbocycles. The summed E-state index contributed by atoms with van der Waals surface area (Å²) < 4.78 is 6.44. The van der Waals surface area contributed by atoms with Crippen LogP contribution >= 0.6 is 15.9 Å². The Morgan fingerprint density at radius 3 is 2.78 bits per heavy atom. The molecule has 0 radical (unpaired) electrons. The number of anilines is 1. The minimum atomic E-state index is 0.0717. The first-order valence-electron chi connectivity index (χ1n) is 6.17. The van der Waals surface area contributed by atoms with Crippen molar-refractivity contribution < 1.29 is 9.53 Å². The van der Waals surface area contributed by atoms with Crippen molar-refractivity contribution in [2.45, 2.75) is 26.3 Å². The average molecular weight is 312 g/mol. The van der Waals surface area contributed by atoms with E-state index < -0.39 is 0 Å². The van der Waals surface area contributed by atoms with Gasteiger partial charge in [0, 0.05) is 29.4 Å². The number of ether oxygens (including phenoxy) is 1. The number of carbonyl (C=O) groups excluding carboxylic acids is 1. The van der Waals surface area contributed by atoms with Gasteiger partial charge in [-0.3, -0.25) is 4.79 Å². The largest absolute Gasteiger partial charge is 0.495 e. The molecule has 1 aliphatic heterocycles. The topological polar surface area (TPSA) is 29.5 Å². The molecule has 1 saturated heterocycles. The number of benzene rings is 1. The molecule has 18 heavy (non-hydrogen) atoms. The van der Waals surface area contributed by atoms with Crippen molar-refractivity contribution in [3.63, 3.8) is 0 Å². The maximum atomic E-state index is 11.7. The van der Waals surface area contributed by atoms with Crippen molar-refractivity contribution >= 4 is 27.4 Å². The molecule has 4 heteroatoms. The first-order valence-corrected chi connectivity index (χ1v) is 6.96. The monoisotopic (exact) mass is 311 g/mol. The van der Waals surface area contributed by atoms with Gasteiger partial charge < -0.3 is 9.64 Å². The van der Waals surface area contributed by atoms with Gasteiger partial charge in [-0.1, -0.05) is 22.9 Å². The first kappa shape index (κ1) is 13.4. The van der Waals surface area contributed by atoms with E-state index in [-0.39, 0.29) is 12.0 Å². The van der Waals surface area contributed by atoms with Gasteiger partial charge in [0.05, 0.1) is 12.8 Å². The predicted molar refractivity (Wildman–Crippen MR) is 76.3 cm³/mol. The fourth-order valence-corrected chi connectivity index (χ4v) is 2.78. The fourth-order valence-electron chi connectivity index (χ4n) is 2.43. The second-order valence-electron chi connectivity index (χ2n) is 4.76. The normalized spacial score (nSPS) is 24.2. The summed E-state index contributed by atoms with van der Waals surface area (Å²) in [5.41, 5.74) is 1.05. The molecule has 1 aliphatic rings. The maximum absolute atomic E-state index is 11.7. The number of hydrogen-bond acceptors (Lipinski definition) is 3. The van der Waals surface area contributed by atoms with Crippen LogP contribution in [0.25, 0.3) is 0 Å². The smallest absolute Gasteiger partial charge is 0.142 e. The Labute approximate surface area is 116 Å². The Morgan fingerprint density at radius 2 is 2.11 bits per heavy atom. The molecule has 1 aromatic rings. The summed E-state index contributed by atoms with van der Waals surface area (Å²) in [5.74, 6) is 1.28. The van der Waals surface area contributed by atoms with E-state index in [0.717, 1.165) is 22.5 Å². The van der Waals surface area contributed by atoms with Crippen molar-refractivity contribution in [3.8, 4) is 5.75 Å². The van der Waals surface area contributed by atoms with Crippen molar-refractivity contribution in [2.75, 3.05) is 18.6 Å². The van der Waals surface area contributed by atoms with Crippen LogP contribution in [0, 0.1) is 5.92 Å². The second-order valence-corrected chi connectivity index (χ2v) is 5.67. The molecular formula is C14H18BrNO2. The summed E-state index contributed by atoms with van der Waals surface area (Å²) in [5, 5.41) is 0. The average Bonchev–Trinajstić information content (AvgIpc) is 2.36. The van der Waals surface area contributed by atoms with E-state index in [1.807, 2.05) is 19.1 Å². The highest BCUT2D eigenvalue weighted by Crippen LogP contribution is 2.35. The molecule has 1 aromatic carbocycles. The van der Waals surface area contributed by atoms with E-state index in [1.54, 1.807) is 7.11 Å². The van der Waals surface area contributed by atoms with Gasteiger partial charge in [0.2, 0.25) is 0 Å². The van der Waals surface area contributed by atoms with Gasteiger partial charge in [0.1, 0.15) is 11.5 Å². The lowest BCUT2D eigenvalue weighted by Gasteiger charge is -2.39. The molecule has 0 aliphatic carbocycles. The third kappa shape index (κ3) is 2.39. The number of rotatable bonds is 2. The van der Waals surface area contributed by atoms with Gasteiger partial charge in [-0.2, -0.15) is 0 Å². The Hall–Kier alpha value is -1.03. The van der Waals surface area contributed by atoms with Gasteiger partial charge in [0.15, 0.2) is 0 Å². The number of Topliss-reactive ketones (excluding diaryl/α,β-unsaturated/α-hetero) is 1. The molecule has 3 nitrogen and oxygen atoms in total. The molecule has 2 atom stereocenters. The molecule has 0 amide bonds. The van der Waals surface area contributed by atoms with Crippen LogP contribution in [0.4, 0.5) is 5.69 Å². The van der Waals surface area contributed by atoms with E-state index in [0.29, 0.717) is 12.2 Å².